The van der Waals surface area contributed by atoms with Crippen LogP contribution in [0, 0.1) is 6.92 Å². The highest BCUT2D eigenvalue weighted by Crippen LogP contribution is 2.28. The normalized spacial score (nSPS) is 17.0. The molecule has 0 N–H and O–H groups in total. The summed E-state index contributed by atoms with van der Waals surface area (Å²) in [6.07, 6.45) is 0. The van der Waals surface area contributed by atoms with Crippen LogP contribution in [0.3, 0.4) is 0 Å². The van der Waals surface area contributed by atoms with E-state index in [4.69, 9.17) is 0 Å². The molecule has 1 aliphatic rings. The molecule has 1 atom stereocenters. The van der Waals surface area contributed by atoms with Gasteiger partial charge in [-0.05, 0) is 19.1 Å². The molecule has 0 saturated carbocycles. The fourth-order valence-electron chi connectivity index (χ4n) is 3.00. The Balaban J connectivity index is 1.63. The molecule has 7 heteroatoms. The smallest absolute Gasteiger partial charge is 0.175 e. The van der Waals surface area contributed by atoms with E-state index in [1.54, 1.807) is 12.1 Å². The van der Waals surface area contributed by atoms with Crippen molar-refractivity contribution in [3.63, 3.8) is 0 Å². The van der Waals surface area contributed by atoms with E-state index in [-0.39, 0.29) is 6.54 Å². The summed E-state index contributed by atoms with van der Waals surface area (Å²) in [6, 6.07) is 16.7. The minimum Gasteiger partial charge on any atom is -0.593 e. The third-order valence-electron chi connectivity index (χ3n) is 4.41. The number of fused-ring (bicyclic) bond motifs is 1. The molecular weight excluding hydrogens is 336 g/mol. The zero-order chi connectivity index (χ0) is 17.4. The number of rotatable bonds is 3. The van der Waals surface area contributed by atoms with Gasteiger partial charge >= 0.3 is 0 Å². The summed E-state index contributed by atoms with van der Waals surface area (Å²) in [4.78, 5) is 0.314. The van der Waals surface area contributed by atoms with Crippen molar-refractivity contribution in [1.82, 2.24) is 19.1 Å². The second kappa shape index (κ2) is 6.18. The van der Waals surface area contributed by atoms with E-state index in [1.807, 2.05) is 54.0 Å². The molecule has 2 heterocycles. The fraction of sp³-hybridized carbons (Fsp3) is 0.222. The maximum atomic E-state index is 12.9. The average molecular weight is 354 g/mol. The van der Waals surface area contributed by atoms with Crippen molar-refractivity contribution in [3.8, 4) is 11.4 Å². The topological polar surface area (TPSA) is 74.1 Å². The molecule has 0 fully saturated rings. The van der Waals surface area contributed by atoms with Crippen LogP contribution in [0.25, 0.3) is 11.4 Å². The van der Waals surface area contributed by atoms with Crippen LogP contribution in [-0.4, -0.2) is 30.2 Å². The highest BCUT2D eigenvalue weighted by molar-refractivity contribution is 7.95. The van der Waals surface area contributed by atoms with Crippen LogP contribution < -0.4 is 0 Å². The Bertz CT molecular complexity index is 937. The number of nitrogens with zero attached hydrogens (tertiary/aromatic N) is 4. The van der Waals surface area contributed by atoms with E-state index in [0.29, 0.717) is 23.8 Å². The summed E-state index contributed by atoms with van der Waals surface area (Å²) in [7, 11) is -3.52. The van der Waals surface area contributed by atoms with E-state index in [0.717, 1.165) is 17.0 Å². The first kappa shape index (κ1) is 16.1. The third-order valence-corrected chi connectivity index (χ3v) is 6.27. The highest BCUT2D eigenvalue weighted by atomic mass is 32.3. The van der Waals surface area contributed by atoms with E-state index in [9.17, 15) is 8.76 Å². The molecule has 1 unspecified atom stereocenters. The van der Waals surface area contributed by atoms with Gasteiger partial charge in [0, 0.05) is 12.1 Å². The van der Waals surface area contributed by atoms with Gasteiger partial charge < -0.3 is 9.12 Å². The first-order valence-corrected chi connectivity index (χ1v) is 9.54. The first-order valence-electron chi connectivity index (χ1n) is 8.10. The van der Waals surface area contributed by atoms with Crippen LogP contribution in [-0.2, 0) is 27.7 Å². The Hall–Kier alpha value is -2.35. The zero-order valence-electron chi connectivity index (χ0n) is 13.8. The molecule has 1 aromatic heterocycles. The van der Waals surface area contributed by atoms with E-state index >= 15 is 0 Å². The molecule has 6 nitrogen and oxygen atoms in total. The Morgan fingerprint density at radius 2 is 1.72 bits per heavy atom. The van der Waals surface area contributed by atoms with Crippen LogP contribution >= 0.6 is 0 Å². The van der Waals surface area contributed by atoms with Gasteiger partial charge in [-0.3, -0.25) is 0 Å². The summed E-state index contributed by atoms with van der Waals surface area (Å²) in [6.45, 7) is 3.11. The van der Waals surface area contributed by atoms with Gasteiger partial charge in [-0.2, -0.15) is 0 Å². The molecule has 0 saturated heterocycles. The molecule has 1 aliphatic heterocycles. The van der Waals surface area contributed by atoms with E-state index < -0.39 is 10.4 Å². The van der Waals surface area contributed by atoms with Crippen LogP contribution in [0.1, 0.15) is 11.4 Å². The van der Waals surface area contributed by atoms with Gasteiger partial charge in [0.25, 0.3) is 0 Å². The van der Waals surface area contributed by atoms with E-state index in [2.05, 4.69) is 10.2 Å². The summed E-state index contributed by atoms with van der Waals surface area (Å²) in [5, 5.41) is 8.47. The lowest BCUT2D eigenvalue weighted by Crippen LogP contribution is -2.42. The van der Waals surface area contributed by atoms with Crippen molar-refractivity contribution in [2.24, 2.45) is 0 Å². The highest BCUT2D eigenvalue weighted by Gasteiger charge is 2.35. The lowest BCUT2D eigenvalue weighted by molar-refractivity contribution is 0.302. The largest absolute Gasteiger partial charge is 0.593 e. The number of hydrogen-bond donors (Lipinski definition) is 0. The summed E-state index contributed by atoms with van der Waals surface area (Å²) in [5.41, 5.74) is 2.01. The van der Waals surface area contributed by atoms with Crippen molar-refractivity contribution < 1.29 is 8.76 Å². The van der Waals surface area contributed by atoms with Gasteiger partial charge in [0.2, 0.25) is 0 Å². The van der Waals surface area contributed by atoms with Crippen molar-refractivity contribution in [3.05, 3.63) is 66.0 Å². The SMILES string of the molecule is Cc1ccc([S+](=O)([O-])N2CCn3c(nnc3-c3ccccc3)C2)cc1. The van der Waals surface area contributed by atoms with Gasteiger partial charge in [0.05, 0.1) is 6.54 Å². The van der Waals surface area contributed by atoms with Gasteiger partial charge in [-0.15, -0.1) is 14.5 Å². The third kappa shape index (κ3) is 2.90. The number of hydrogen-bond acceptors (Lipinski definition) is 4. The van der Waals surface area contributed by atoms with Crippen molar-refractivity contribution >= 4 is 10.4 Å². The minimum atomic E-state index is -3.52. The molecular formula is C18H18N4O2S. The quantitative estimate of drug-likeness (QED) is 0.678. The predicted octanol–water partition coefficient (Wildman–Crippen LogP) is 2.67. The molecule has 0 amide bonds. The second-order valence-electron chi connectivity index (χ2n) is 6.11. The number of aryl methyl sites for hydroxylation is 1. The lowest BCUT2D eigenvalue weighted by Gasteiger charge is -2.30. The van der Waals surface area contributed by atoms with Gasteiger partial charge in [0.1, 0.15) is 6.54 Å². The predicted molar refractivity (Wildman–Crippen MR) is 94.1 cm³/mol. The van der Waals surface area contributed by atoms with Gasteiger partial charge in [0.15, 0.2) is 26.9 Å². The van der Waals surface area contributed by atoms with Crippen molar-refractivity contribution in [1.29, 1.82) is 0 Å². The summed E-state index contributed by atoms with van der Waals surface area (Å²) < 4.78 is 29.2. The van der Waals surface area contributed by atoms with Crippen LogP contribution in [0.4, 0.5) is 0 Å². The first-order chi connectivity index (χ1) is 12.1. The molecule has 0 radical (unpaired) electrons. The van der Waals surface area contributed by atoms with Crippen molar-refractivity contribution in [2.45, 2.75) is 24.9 Å². The lowest BCUT2D eigenvalue weighted by atomic mass is 10.2. The Morgan fingerprint density at radius 1 is 1.00 bits per heavy atom. The Kier molecular flexibility index (Phi) is 3.99. The average Bonchev–Trinajstić information content (AvgIpc) is 3.06. The summed E-state index contributed by atoms with van der Waals surface area (Å²) in [5.74, 6) is 1.45. The monoisotopic (exact) mass is 354 g/mol. The van der Waals surface area contributed by atoms with Gasteiger partial charge in [-0.25, -0.2) is 0 Å². The molecule has 0 aliphatic carbocycles. The minimum absolute atomic E-state index is 0.232. The molecule has 2 aromatic carbocycles. The van der Waals surface area contributed by atoms with Gasteiger partial charge in [-0.1, -0.05) is 52.2 Å². The maximum absolute atomic E-state index is 12.9. The van der Waals surface area contributed by atoms with Crippen LogP contribution in [0.5, 0.6) is 0 Å². The zero-order valence-corrected chi connectivity index (χ0v) is 14.6. The fourth-order valence-corrected chi connectivity index (χ4v) is 4.39. The molecule has 128 valence electrons. The Labute approximate surface area is 147 Å². The van der Waals surface area contributed by atoms with E-state index in [1.165, 1.54) is 4.31 Å². The Morgan fingerprint density at radius 3 is 2.44 bits per heavy atom. The molecule has 3 aromatic rings. The molecule has 0 spiro atoms. The standard InChI is InChI=1S/C18H18N4O2S/c1-14-7-9-16(10-8-14)25(23,24)21-11-12-22-17(13-21)19-20-18(22)15-5-3-2-4-6-15/h2-10H,11-13H2,1H3. The maximum Gasteiger partial charge on any atom is 0.175 e. The molecule has 4 rings (SSSR count). The number of benzene rings is 2. The molecule has 25 heavy (non-hydrogen) atoms. The van der Waals surface area contributed by atoms with Crippen LogP contribution in [0.15, 0.2) is 59.5 Å². The summed E-state index contributed by atoms with van der Waals surface area (Å²) >= 11 is 0. The number of sulfonamides is 1. The van der Waals surface area contributed by atoms with Crippen LogP contribution in [0.2, 0.25) is 0 Å². The molecule has 0 bridgehead atoms. The second-order valence-corrected chi connectivity index (χ2v) is 8.05. The number of aromatic nitrogens is 3. The van der Waals surface area contributed by atoms with Crippen molar-refractivity contribution in [2.75, 3.05) is 6.54 Å².